The molecular formula is C16H18ClN3OS. The Bertz CT molecular complexity index is 624. The average Bonchev–Trinajstić information content (AvgIpc) is 3.03. The van der Waals surface area contributed by atoms with Gasteiger partial charge in [-0.1, -0.05) is 29.8 Å². The van der Waals surface area contributed by atoms with Crippen LogP contribution in [0.1, 0.15) is 4.88 Å². The first-order valence-electron chi connectivity index (χ1n) is 7.27. The second-order valence-corrected chi connectivity index (χ2v) is 6.69. The van der Waals surface area contributed by atoms with E-state index in [4.69, 9.17) is 11.6 Å². The van der Waals surface area contributed by atoms with Crippen molar-refractivity contribution in [1.29, 1.82) is 0 Å². The molecule has 1 aromatic heterocycles. The van der Waals surface area contributed by atoms with Crippen LogP contribution in [0.2, 0.25) is 5.02 Å². The van der Waals surface area contributed by atoms with Gasteiger partial charge < -0.3 is 10.2 Å². The molecular weight excluding hydrogens is 318 g/mol. The highest BCUT2D eigenvalue weighted by molar-refractivity contribution is 7.09. The van der Waals surface area contributed by atoms with Crippen LogP contribution in [0.5, 0.6) is 0 Å². The number of urea groups is 1. The predicted octanol–water partition coefficient (Wildman–Crippen LogP) is 3.75. The fourth-order valence-corrected chi connectivity index (χ4v) is 3.42. The van der Waals surface area contributed by atoms with E-state index in [0.29, 0.717) is 10.7 Å². The van der Waals surface area contributed by atoms with E-state index in [1.54, 1.807) is 17.4 Å². The van der Waals surface area contributed by atoms with Gasteiger partial charge in [0.15, 0.2) is 0 Å². The summed E-state index contributed by atoms with van der Waals surface area (Å²) in [6, 6.07) is 11.4. The minimum atomic E-state index is -0.0797. The summed E-state index contributed by atoms with van der Waals surface area (Å²) in [7, 11) is 0. The number of amides is 2. The topological polar surface area (TPSA) is 35.6 Å². The molecule has 0 radical (unpaired) electrons. The SMILES string of the molecule is O=C(Nc1ccccc1Cl)N1CCN(Cc2cccs2)CC1. The summed E-state index contributed by atoms with van der Waals surface area (Å²) in [4.78, 5) is 17.9. The van der Waals surface area contributed by atoms with Gasteiger partial charge in [-0.2, -0.15) is 0 Å². The maximum absolute atomic E-state index is 12.3. The molecule has 6 heteroatoms. The Balaban J connectivity index is 1.50. The molecule has 0 spiro atoms. The number of piperazine rings is 1. The van der Waals surface area contributed by atoms with Gasteiger partial charge in [0.1, 0.15) is 0 Å². The molecule has 0 unspecified atom stereocenters. The van der Waals surface area contributed by atoms with Gasteiger partial charge in [-0.25, -0.2) is 4.79 Å². The zero-order valence-corrected chi connectivity index (χ0v) is 13.7. The number of anilines is 1. The van der Waals surface area contributed by atoms with E-state index in [9.17, 15) is 4.79 Å². The van der Waals surface area contributed by atoms with Crippen LogP contribution in [0.3, 0.4) is 0 Å². The summed E-state index contributed by atoms with van der Waals surface area (Å²) < 4.78 is 0. The highest BCUT2D eigenvalue weighted by Gasteiger charge is 2.21. The van der Waals surface area contributed by atoms with E-state index in [1.807, 2.05) is 23.1 Å². The highest BCUT2D eigenvalue weighted by Crippen LogP contribution is 2.21. The Morgan fingerprint density at radius 1 is 1.14 bits per heavy atom. The monoisotopic (exact) mass is 335 g/mol. The van der Waals surface area contributed by atoms with Crippen molar-refractivity contribution >= 4 is 34.7 Å². The van der Waals surface area contributed by atoms with Crippen LogP contribution in [-0.4, -0.2) is 42.0 Å². The summed E-state index contributed by atoms with van der Waals surface area (Å²) in [6.07, 6.45) is 0. The van der Waals surface area contributed by atoms with Crippen LogP contribution in [0.4, 0.5) is 10.5 Å². The van der Waals surface area contributed by atoms with E-state index in [2.05, 4.69) is 27.7 Å². The van der Waals surface area contributed by atoms with Gasteiger partial charge in [-0.15, -0.1) is 11.3 Å². The van der Waals surface area contributed by atoms with E-state index < -0.39 is 0 Å². The van der Waals surface area contributed by atoms with E-state index >= 15 is 0 Å². The Morgan fingerprint density at radius 2 is 1.91 bits per heavy atom. The second-order valence-electron chi connectivity index (χ2n) is 5.25. The van der Waals surface area contributed by atoms with Crippen molar-refractivity contribution in [2.75, 3.05) is 31.5 Å². The average molecular weight is 336 g/mol. The highest BCUT2D eigenvalue weighted by atomic mass is 35.5. The minimum Gasteiger partial charge on any atom is -0.322 e. The number of thiophene rings is 1. The molecule has 2 heterocycles. The van der Waals surface area contributed by atoms with Gasteiger partial charge in [-0.05, 0) is 23.6 Å². The van der Waals surface area contributed by atoms with Crippen LogP contribution in [0.25, 0.3) is 0 Å². The first-order valence-corrected chi connectivity index (χ1v) is 8.53. The molecule has 1 aromatic carbocycles. The summed E-state index contributed by atoms with van der Waals surface area (Å²) in [5, 5.41) is 5.54. The number of carbonyl (C=O) groups is 1. The maximum atomic E-state index is 12.3. The fraction of sp³-hybridized carbons (Fsp3) is 0.312. The van der Waals surface area contributed by atoms with Crippen molar-refractivity contribution in [3.8, 4) is 0 Å². The Kier molecular flexibility index (Phi) is 4.97. The summed E-state index contributed by atoms with van der Waals surface area (Å²) in [5.41, 5.74) is 0.662. The van der Waals surface area contributed by atoms with Gasteiger partial charge >= 0.3 is 6.03 Å². The number of hydrogen-bond acceptors (Lipinski definition) is 3. The van der Waals surface area contributed by atoms with Crippen molar-refractivity contribution in [2.24, 2.45) is 0 Å². The van der Waals surface area contributed by atoms with Gasteiger partial charge in [-0.3, -0.25) is 4.90 Å². The molecule has 22 heavy (non-hydrogen) atoms. The molecule has 4 nitrogen and oxygen atoms in total. The summed E-state index contributed by atoms with van der Waals surface area (Å²) in [6.45, 7) is 4.24. The molecule has 0 saturated carbocycles. The fourth-order valence-electron chi connectivity index (χ4n) is 2.49. The molecule has 0 aliphatic carbocycles. The number of hydrogen-bond donors (Lipinski definition) is 1. The third kappa shape index (κ3) is 3.80. The third-order valence-electron chi connectivity index (χ3n) is 3.73. The lowest BCUT2D eigenvalue weighted by Crippen LogP contribution is -2.49. The Hall–Kier alpha value is -1.56. The van der Waals surface area contributed by atoms with Crippen molar-refractivity contribution < 1.29 is 4.79 Å². The second kappa shape index (κ2) is 7.13. The zero-order chi connectivity index (χ0) is 15.4. The van der Waals surface area contributed by atoms with Gasteiger partial charge in [0.2, 0.25) is 0 Å². The zero-order valence-electron chi connectivity index (χ0n) is 12.2. The van der Waals surface area contributed by atoms with Crippen LogP contribution in [-0.2, 0) is 6.54 Å². The Labute approximate surface area is 139 Å². The van der Waals surface area contributed by atoms with E-state index in [1.165, 1.54) is 4.88 Å². The van der Waals surface area contributed by atoms with E-state index in [0.717, 1.165) is 32.7 Å². The van der Waals surface area contributed by atoms with Crippen molar-refractivity contribution in [1.82, 2.24) is 9.80 Å². The molecule has 0 atom stereocenters. The molecule has 3 rings (SSSR count). The van der Waals surface area contributed by atoms with Crippen molar-refractivity contribution in [3.05, 3.63) is 51.7 Å². The number of rotatable bonds is 3. The maximum Gasteiger partial charge on any atom is 0.321 e. The number of para-hydroxylation sites is 1. The van der Waals surface area contributed by atoms with Crippen molar-refractivity contribution in [3.63, 3.8) is 0 Å². The largest absolute Gasteiger partial charge is 0.322 e. The Morgan fingerprint density at radius 3 is 2.59 bits per heavy atom. The standard InChI is InChI=1S/C16H18ClN3OS/c17-14-5-1-2-6-15(14)18-16(21)20-9-7-19(8-10-20)12-13-4-3-11-22-13/h1-6,11H,7-10,12H2,(H,18,21). The number of nitrogens with zero attached hydrogens (tertiary/aromatic N) is 2. The normalized spacial score (nSPS) is 15.8. The van der Waals surface area contributed by atoms with Crippen molar-refractivity contribution in [2.45, 2.75) is 6.54 Å². The summed E-state index contributed by atoms with van der Waals surface area (Å²) in [5.74, 6) is 0. The first kappa shape index (κ1) is 15.3. The van der Waals surface area contributed by atoms with Gasteiger partial charge in [0, 0.05) is 37.6 Å². The van der Waals surface area contributed by atoms with E-state index in [-0.39, 0.29) is 6.03 Å². The first-order chi connectivity index (χ1) is 10.7. The number of benzene rings is 1. The van der Waals surface area contributed by atoms with Crippen LogP contribution in [0.15, 0.2) is 41.8 Å². The quantitative estimate of drug-likeness (QED) is 0.927. The van der Waals surface area contributed by atoms with Crippen LogP contribution < -0.4 is 5.32 Å². The molecule has 0 bridgehead atoms. The predicted molar refractivity (Wildman–Crippen MR) is 91.6 cm³/mol. The molecule has 1 aliphatic heterocycles. The van der Waals surface area contributed by atoms with Crippen LogP contribution in [0, 0.1) is 0 Å². The molecule has 1 saturated heterocycles. The molecule has 1 aliphatic rings. The number of carbonyl (C=O) groups excluding carboxylic acids is 1. The molecule has 116 valence electrons. The smallest absolute Gasteiger partial charge is 0.321 e. The molecule has 2 aromatic rings. The summed E-state index contributed by atoms with van der Waals surface area (Å²) >= 11 is 7.85. The lowest BCUT2D eigenvalue weighted by molar-refractivity contribution is 0.143. The van der Waals surface area contributed by atoms with Crippen LogP contribution >= 0.6 is 22.9 Å². The van der Waals surface area contributed by atoms with Gasteiger partial charge in [0.25, 0.3) is 0 Å². The molecule has 1 N–H and O–H groups in total. The third-order valence-corrected chi connectivity index (χ3v) is 4.93. The molecule has 2 amide bonds. The number of nitrogens with one attached hydrogen (secondary N) is 1. The minimum absolute atomic E-state index is 0.0797. The molecule has 1 fully saturated rings. The lowest BCUT2D eigenvalue weighted by atomic mass is 10.3. The number of halogens is 1. The van der Waals surface area contributed by atoms with Gasteiger partial charge in [0.05, 0.1) is 10.7 Å². The lowest BCUT2D eigenvalue weighted by Gasteiger charge is -2.34.